The van der Waals surface area contributed by atoms with Gasteiger partial charge < -0.3 is 25.0 Å². The van der Waals surface area contributed by atoms with Crippen molar-refractivity contribution < 1.29 is 41.9 Å². The summed E-state index contributed by atoms with van der Waals surface area (Å²) in [5, 5.41) is 5.39. The van der Waals surface area contributed by atoms with Crippen LogP contribution >= 0.6 is 11.6 Å². The van der Waals surface area contributed by atoms with E-state index in [2.05, 4.69) is 15.4 Å². The first-order chi connectivity index (χ1) is 24.1. The third kappa shape index (κ3) is 8.45. The van der Waals surface area contributed by atoms with E-state index in [9.17, 15) is 32.4 Å². The van der Waals surface area contributed by atoms with Gasteiger partial charge in [-0.15, -0.1) is 0 Å². The Morgan fingerprint density at radius 2 is 1.82 bits per heavy atom. The van der Waals surface area contributed by atoms with Gasteiger partial charge in [0.15, 0.2) is 0 Å². The number of sulfonamides is 1. The summed E-state index contributed by atoms with van der Waals surface area (Å²) in [4.78, 5) is 71.1. The van der Waals surface area contributed by atoms with Crippen molar-refractivity contribution in [1.29, 1.82) is 0 Å². The molecule has 2 aliphatic carbocycles. The number of carbonyl (C=O) groups excluding carboxylic acids is 5. The van der Waals surface area contributed by atoms with Gasteiger partial charge in [0.25, 0.3) is 5.91 Å². The van der Waals surface area contributed by atoms with Gasteiger partial charge in [0.2, 0.25) is 21.8 Å². The van der Waals surface area contributed by atoms with Crippen LogP contribution in [0.25, 0.3) is 0 Å². The molecular weight excluding hydrogens is 702 g/mol. The van der Waals surface area contributed by atoms with Crippen LogP contribution in [-0.4, -0.2) is 89.2 Å². The van der Waals surface area contributed by atoms with Crippen molar-refractivity contribution in [2.45, 2.75) is 126 Å². The second-order valence-corrected chi connectivity index (χ2v) is 17.6. The number of nitrogens with zero attached hydrogens (tertiary/aromatic N) is 2. The molecule has 16 heteroatoms. The molecule has 5 amide bonds. The second kappa shape index (κ2) is 14.3. The highest BCUT2D eigenvalue weighted by molar-refractivity contribution is 7.91. The smallest absolute Gasteiger partial charge is 0.410 e. The first kappa shape index (κ1) is 36.9. The van der Waals surface area contributed by atoms with E-state index in [0.717, 1.165) is 24.0 Å². The molecule has 3 fully saturated rings. The number of allylic oxidation sites excluding steroid dienone is 1. The zero-order chi connectivity index (χ0) is 36.7. The van der Waals surface area contributed by atoms with Crippen LogP contribution in [-0.2, 0) is 47.0 Å². The minimum atomic E-state index is -3.90. The number of hydrogen-bond acceptors (Lipinski definition) is 9. The Balaban J connectivity index is 1.25. The van der Waals surface area contributed by atoms with Gasteiger partial charge in [0.1, 0.15) is 29.3 Å². The normalized spacial score (nSPS) is 28.9. The average molecular weight is 748 g/mol. The minimum absolute atomic E-state index is 0.0808. The summed E-state index contributed by atoms with van der Waals surface area (Å²) in [7, 11) is -3.90. The first-order valence-corrected chi connectivity index (χ1v) is 19.6. The minimum Gasteiger partial charge on any atom is -0.444 e. The van der Waals surface area contributed by atoms with Crippen molar-refractivity contribution in [3.63, 3.8) is 0 Å². The number of hydrogen-bond donors (Lipinski definition) is 3. The number of amides is 5. The predicted octanol–water partition coefficient (Wildman–Crippen LogP) is 3.66. The Labute approximate surface area is 303 Å². The van der Waals surface area contributed by atoms with Gasteiger partial charge in [-0.3, -0.25) is 24.0 Å². The lowest BCUT2D eigenvalue weighted by atomic mass is 10.0. The molecule has 3 N–H and O–H groups in total. The summed E-state index contributed by atoms with van der Waals surface area (Å²) >= 11 is 6.35. The number of fused-ring (bicyclic) bond motifs is 3. The summed E-state index contributed by atoms with van der Waals surface area (Å²) in [6, 6.07) is 3.19. The predicted molar refractivity (Wildman–Crippen MR) is 186 cm³/mol. The van der Waals surface area contributed by atoms with Crippen LogP contribution < -0.4 is 15.4 Å². The van der Waals surface area contributed by atoms with E-state index in [1.807, 2.05) is 18.2 Å². The Bertz CT molecular complexity index is 1730. The lowest BCUT2D eigenvalue weighted by Gasteiger charge is -2.30. The average Bonchev–Trinajstić information content (AvgIpc) is 3.93. The molecule has 1 aromatic carbocycles. The van der Waals surface area contributed by atoms with Crippen molar-refractivity contribution in [1.82, 2.24) is 25.2 Å². The summed E-state index contributed by atoms with van der Waals surface area (Å²) < 4.78 is 39.0. The number of carbonyl (C=O) groups is 5. The fraction of sp³-hybridized carbons (Fsp3) is 0.629. The summed E-state index contributed by atoms with van der Waals surface area (Å²) in [6.45, 7) is 5.50. The van der Waals surface area contributed by atoms with Gasteiger partial charge in [-0.25, -0.2) is 18.0 Å². The number of nitrogens with one attached hydrogen (secondary N) is 3. The van der Waals surface area contributed by atoms with Crippen LogP contribution in [0.5, 0.6) is 0 Å². The molecule has 6 rings (SSSR count). The van der Waals surface area contributed by atoms with Crippen LogP contribution in [0.4, 0.5) is 9.59 Å². The summed E-state index contributed by atoms with van der Waals surface area (Å²) in [5.74, 6) is -2.53. The van der Waals surface area contributed by atoms with Crippen molar-refractivity contribution in [2.75, 3.05) is 6.54 Å². The Morgan fingerprint density at radius 1 is 1.06 bits per heavy atom. The molecule has 0 aromatic heterocycles. The van der Waals surface area contributed by atoms with Gasteiger partial charge in [0.05, 0.1) is 18.3 Å². The monoisotopic (exact) mass is 747 g/mol. The van der Waals surface area contributed by atoms with Gasteiger partial charge >= 0.3 is 12.2 Å². The zero-order valence-electron chi connectivity index (χ0n) is 29.1. The molecule has 0 radical (unpaired) electrons. The third-order valence-corrected chi connectivity index (χ3v) is 12.2. The third-order valence-electron chi connectivity index (χ3n) is 9.99. The highest BCUT2D eigenvalue weighted by Gasteiger charge is 2.62. The standard InChI is InChI=1S/C35H46ClN5O9S/c1-34(2,3)50-32(45)37-27-13-8-6-4-5-7-11-22-17-35(22,31(44)39-51(47,48)24-14-15-24)38-29(42)28-16-23(19-41(28)30(27)43)49-33(46)40-18-21-10-9-12-26(36)25(21)20-40/h7,9-12,22-24,27-28H,4-6,8,13-20H2,1-3H3,(H,37,45)(H,38,42)(H,39,44)/b11-7-/t22-,23+,27-,28-,35+/m0/s1. The number of benzene rings is 1. The van der Waals surface area contributed by atoms with Crippen molar-refractivity contribution in [3.8, 4) is 0 Å². The number of ether oxygens (including phenoxy) is 2. The Morgan fingerprint density at radius 3 is 2.53 bits per heavy atom. The molecule has 0 spiro atoms. The molecule has 1 aromatic rings. The van der Waals surface area contributed by atoms with Crippen LogP contribution in [0.1, 0.15) is 89.7 Å². The molecule has 14 nitrogen and oxygen atoms in total. The van der Waals surface area contributed by atoms with Crippen LogP contribution in [0, 0.1) is 5.92 Å². The first-order valence-electron chi connectivity index (χ1n) is 17.6. The molecular formula is C35H46ClN5O9S. The molecule has 3 heterocycles. The Hall–Kier alpha value is -3.85. The molecule has 5 atom stereocenters. The van der Waals surface area contributed by atoms with Crippen LogP contribution in [0.15, 0.2) is 30.4 Å². The summed E-state index contributed by atoms with van der Waals surface area (Å²) in [6.07, 6.45) is 5.50. The van der Waals surface area contributed by atoms with E-state index in [1.54, 1.807) is 32.9 Å². The van der Waals surface area contributed by atoms with E-state index >= 15 is 0 Å². The molecule has 278 valence electrons. The van der Waals surface area contributed by atoms with Crippen LogP contribution in [0.2, 0.25) is 5.02 Å². The number of halogens is 1. The molecule has 0 bridgehead atoms. The molecule has 2 saturated carbocycles. The maximum atomic E-state index is 14.3. The highest BCUT2D eigenvalue weighted by Crippen LogP contribution is 2.46. The molecule has 1 saturated heterocycles. The van der Waals surface area contributed by atoms with E-state index in [0.29, 0.717) is 30.7 Å². The van der Waals surface area contributed by atoms with Crippen LogP contribution in [0.3, 0.4) is 0 Å². The fourth-order valence-corrected chi connectivity index (χ4v) is 8.64. The molecule has 3 aliphatic heterocycles. The van der Waals surface area contributed by atoms with Crippen molar-refractivity contribution in [2.24, 2.45) is 5.92 Å². The topological polar surface area (TPSA) is 181 Å². The van der Waals surface area contributed by atoms with Crippen molar-refractivity contribution >= 4 is 51.5 Å². The van der Waals surface area contributed by atoms with Gasteiger partial charge in [-0.2, -0.15) is 0 Å². The fourth-order valence-electron chi connectivity index (χ4n) is 7.02. The molecule has 0 unspecified atom stereocenters. The maximum Gasteiger partial charge on any atom is 0.410 e. The lowest BCUT2D eigenvalue weighted by molar-refractivity contribution is -0.141. The van der Waals surface area contributed by atoms with Gasteiger partial charge in [-0.1, -0.05) is 48.7 Å². The number of alkyl carbamates (subject to hydrolysis) is 1. The lowest BCUT2D eigenvalue weighted by Crippen LogP contribution is -2.58. The molecule has 5 aliphatic rings. The molecule has 51 heavy (non-hydrogen) atoms. The van der Waals surface area contributed by atoms with Gasteiger partial charge in [0, 0.05) is 23.9 Å². The highest BCUT2D eigenvalue weighted by atomic mass is 35.5. The second-order valence-electron chi connectivity index (χ2n) is 15.2. The zero-order valence-corrected chi connectivity index (χ0v) is 30.7. The van der Waals surface area contributed by atoms with Crippen molar-refractivity contribution in [3.05, 3.63) is 46.5 Å². The maximum absolute atomic E-state index is 14.3. The van der Waals surface area contributed by atoms with E-state index < -0.39 is 80.4 Å². The SMILES string of the molecule is CC(C)(C)OC(=O)N[C@H]1CCCCC/C=C\[C@H]2C[C@@]2(C(=O)NS(=O)(=O)C2CC2)NC(=O)[C@@H]2C[C@@H](OC(=O)N3Cc4cccc(Cl)c4C3)CN2C1=O. The quantitative estimate of drug-likeness (QED) is 0.379. The summed E-state index contributed by atoms with van der Waals surface area (Å²) in [5.41, 5.74) is -0.643. The largest absolute Gasteiger partial charge is 0.444 e. The van der Waals surface area contributed by atoms with E-state index in [-0.39, 0.29) is 38.9 Å². The van der Waals surface area contributed by atoms with Gasteiger partial charge in [-0.05, 0) is 76.5 Å². The Kier molecular flexibility index (Phi) is 10.3. The van der Waals surface area contributed by atoms with E-state index in [4.69, 9.17) is 21.1 Å². The van der Waals surface area contributed by atoms with E-state index in [1.165, 1.54) is 9.80 Å². The number of rotatable bonds is 5.